The van der Waals surface area contributed by atoms with Crippen molar-refractivity contribution >= 4 is 5.69 Å². The Kier molecular flexibility index (Phi) is 5.26. The molecule has 3 rings (SSSR count). The van der Waals surface area contributed by atoms with E-state index in [1.165, 1.54) is 11.1 Å². The van der Waals surface area contributed by atoms with Crippen molar-refractivity contribution in [1.29, 1.82) is 0 Å². The molecule has 0 radical (unpaired) electrons. The normalized spacial score (nSPS) is 20.5. The minimum Gasteiger partial charge on any atom is -0.493 e. The summed E-state index contributed by atoms with van der Waals surface area (Å²) in [5.74, 6) is 1.96. The first kappa shape index (κ1) is 16.7. The van der Waals surface area contributed by atoms with Gasteiger partial charge in [0.2, 0.25) is 0 Å². The minimum absolute atomic E-state index is 0.395. The Morgan fingerprint density at radius 1 is 1.00 bits per heavy atom. The van der Waals surface area contributed by atoms with Gasteiger partial charge in [-0.1, -0.05) is 29.8 Å². The second-order valence-corrected chi connectivity index (χ2v) is 6.33. The van der Waals surface area contributed by atoms with Gasteiger partial charge in [-0.05, 0) is 37.6 Å². The van der Waals surface area contributed by atoms with Crippen LogP contribution in [0.15, 0.2) is 42.5 Å². The van der Waals surface area contributed by atoms with Crippen LogP contribution in [-0.4, -0.2) is 33.4 Å². The molecule has 1 aliphatic rings. The quantitative estimate of drug-likeness (QED) is 0.881. The summed E-state index contributed by atoms with van der Waals surface area (Å²) in [6.07, 6.45) is 1.09. The lowest BCUT2D eigenvalue weighted by Gasteiger charge is -2.34. The van der Waals surface area contributed by atoms with Crippen molar-refractivity contribution in [2.24, 2.45) is 0 Å². The van der Waals surface area contributed by atoms with Gasteiger partial charge in [-0.15, -0.1) is 0 Å². The van der Waals surface area contributed by atoms with Gasteiger partial charge in [0.05, 0.1) is 14.2 Å². The first-order valence-electron chi connectivity index (χ1n) is 8.47. The highest BCUT2D eigenvalue weighted by molar-refractivity contribution is 5.55. The van der Waals surface area contributed by atoms with Gasteiger partial charge in [-0.3, -0.25) is 0 Å². The van der Waals surface area contributed by atoms with Gasteiger partial charge in [0.15, 0.2) is 11.5 Å². The molecule has 2 unspecified atom stereocenters. The van der Waals surface area contributed by atoms with Crippen molar-refractivity contribution < 1.29 is 9.47 Å². The number of hydrogen-bond acceptors (Lipinski definition) is 4. The third kappa shape index (κ3) is 3.65. The number of rotatable bonds is 5. The van der Waals surface area contributed by atoms with Crippen molar-refractivity contribution in [2.45, 2.75) is 25.3 Å². The maximum Gasteiger partial charge on any atom is 0.162 e. The SMILES string of the molecule is COc1ccc(NC2CCNCC2c2ccc(C)cc2)cc1OC. The van der Waals surface area contributed by atoms with E-state index in [-0.39, 0.29) is 0 Å². The molecular formula is C20H26N2O2. The van der Waals surface area contributed by atoms with Crippen LogP contribution in [0.1, 0.15) is 23.5 Å². The molecule has 0 aliphatic carbocycles. The fourth-order valence-corrected chi connectivity index (χ4v) is 3.34. The summed E-state index contributed by atoms with van der Waals surface area (Å²) >= 11 is 0. The van der Waals surface area contributed by atoms with Gasteiger partial charge < -0.3 is 20.1 Å². The summed E-state index contributed by atoms with van der Waals surface area (Å²) in [6, 6.07) is 15.3. The van der Waals surface area contributed by atoms with Crippen molar-refractivity contribution in [2.75, 3.05) is 32.6 Å². The molecule has 0 saturated carbocycles. The summed E-state index contributed by atoms with van der Waals surface area (Å²) < 4.78 is 10.7. The van der Waals surface area contributed by atoms with E-state index in [4.69, 9.17) is 9.47 Å². The zero-order chi connectivity index (χ0) is 16.9. The Morgan fingerprint density at radius 3 is 2.46 bits per heavy atom. The van der Waals surface area contributed by atoms with E-state index in [1.54, 1.807) is 14.2 Å². The Morgan fingerprint density at radius 2 is 1.75 bits per heavy atom. The number of nitrogens with one attached hydrogen (secondary N) is 2. The molecule has 2 N–H and O–H groups in total. The number of anilines is 1. The number of piperidine rings is 1. The monoisotopic (exact) mass is 326 g/mol. The van der Waals surface area contributed by atoms with E-state index in [0.29, 0.717) is 12.0 Å². The van der Waals surface area contributed by atoms with E-state index in [2.05, 4.69) is 47.9 Å². The lowest BCUT2D eigenvalue weighted by Crippen LogP contribution is -2.42. The van der Waals surface area contributed by atoms with Crippen molar-refractivity contribution in [3.05, 3.63) is 53.6 Å². The van der Waals surface area contributed by atoms with Gasteiger partial charge in [0.1, 0.15) is 0 Å². The summed E-state index contributed by atoms with van der Waals surface area (Å²) in [5, 5.41) is 7.21. The average Bonchev–Trinajstić information content (AvgIpc) is 2.63. The molecule has 128 valence electrons. The van der Waals surface area contributed by atoms with Crippen LogP contribution in [-0.2, 0) is 0 Å². The van der Waals surface area contributed by atoms with Crippen LogP contribution in [0.2, 0.25) is 0 Å². The molecule has 1 saturated heterocycles. The molecule has 0 aromatic heterocycles. The summed E-state index contributed by atoms with van der Waals surface area (Å²) in [6.45, 7) is 4.16. The lowest BCUT2D eigenvalue weighted by molar-refractivity contribution is 0.355. The highest BCUT2D eigenvalue weighted by Gasteiger charge is 2.26. The molecule has 2 aromatic carbocycles. The molecule has 0 spiro atoms. The number of aryl methyl sites for hydroxylation is 1. The first-order chi connectivity index (χ1) is 11.7. The summed E-state index contributed by atoms with van der Waals surface area (Å²) in [5.41, 5.74) is 3.74. The predicted octanol–water partition coefficient (Wildman–Crippen LogP) is 3.57. The van der Waals surface area contributed by atoms with E-state index in [1.807, 2.05) is 12.1 Å². The summed E-state index contributed by atoms with van der Waals surface area (Å²) in [4.78, 5) is 0. The largest absolute Gasteiger partial charge is 0.493 e. The summed E-state index contributed by atoms with van der Waals surface area (Å²) in [7, 11) is 3.33. The Hall–Kier alpha value is -2.20. The fraction of sp³-hybridized carbons (Fsp3) is 0.400. The molecule has 1 fully saturated rings. The second-order valence-electron chi connectivity index (χ2n) is 6.33. The second kappa shape index (κ2) is 7.58. The van der Waals surface area contributed by atoms with Gasteiger partial charge in [0, 0.05) is 30.3 Å². The van der Waals surface area contributed by atoms with E-state index >= 15 is 0 Å². The smallest absolute Gasteiger partial charge is 0.162 e. The van der Waals surface area contributed by atoms with E-state index < -0.39 is 0 Å². The molecule has 2 atom stereocenters. The average molecular weight is 326 g/mol. The minimum atomic E-state index is 0.395. The maximum absolute atomic E-state index is 5.41. The third-order valence-corrected chi connectivity index (χ3v) is 4.72. The number of ether oxygens (including phenoxy) is 2. The van der Waals surface area contributed by atoms with E-state index in [9.17, 15) is 0 Å². The molecule has 0 bridgehead atoms. The number of benzene rings is 2. The zero-order valence-corrected chi connectivity index (χ0v) is 14.6. The Balaban J connectivity index is 1.80. The highest BCUT2D eigenvalue weighted by atomic mass is 16.5. The van der Waals surface area contributed by atoms with Crippen LogP contribution in [0, 0.1) is 6.92 Å². The third-order valence-electron chi connectivity index (χ3n) is 4.72. The Labute approximate surface area is 144 Å². The van der Waals surface area contributed by atoms with Gasteiger partial charge in [0.25, 0.3) is 0 Å². The molecule has 2 aromatic rings. The molecule has 4 nitrogen and oxygen atoms in total. The van der Waals surface area contributed by atoms with Crippen LogP contribution in [0.5, 0.6) is 11.5 Å². The van der Waals surface area contributed by atoms with Gasteiger partial charge in [-0.2, -0.15) is 0 Å². The van der Waals surface area contributed by atoms with Crippen LogP contribution >= 0.6 is 0 Å². The molecule has 0 amide bonds. The Bertz CT molecular complexity index is 670. The van der Waals surface area contributed by atoms with Crippen molar-refractivity contribution in [1.82, 2.24) is 5.32 Å². The van der Waals surface area contributed by atoms with Crippen LogP contribution < -0.4 is 20.1 Å². The van der Waals surface area contributed by atoms with Crippen LogP contribution in [0.4, 0.5) is 5.69 Å². The molecule has 24 heavy (non-hydrogen) atoms. The van der Waals surface area contributed by atoms with Crippen molar-refractivity contribution in [3.63, 3.8) is 0 Å². The zero-order valence-electron chi connectivity index (χ0n) is 14.6. The molecule has 1 aliphatic heterocycles. The molecule has 1 heterocycles. The van der Waals surface area contributed by atoms with E-state index in [0.717, 1.165) is 36.7 Å². The first-order valence-corrected chi connectivity index (χ1v) is 8.47. The number of methoxy groups -OCH3 is 2. The topological polar surface area (TPSA) is 42.5 Å². The van der Waals surface area contributed by atoms with Crippen LogP contribution in [0.25, 0.3) is 0 Å². The lowest BCUT2D eigenvalue weighted by atomic mass is 9.86. The predicted molar refractivity (Wildman–Crippen MR) is 98.4 cm³/mol. The fourth-order valence-electron chi connectivity index (χ4n) is 3.34. The number of hydrogen-bond donors (Lipinski definition) is 2. The molecule has 4 heteroatoms. The van der Waals surface area contributed by atoms with Crippen molar-refractivity contribution in [3.8, 4) is 11.5 Å². The highest BCUT2D eigenvalue weighted by Crippen LogP contribution is 2.32. The maximum atomic E-state index is 5.41. The van der Waals surface area contributed by atoms with Gasteiger partial charge in [-0.25, -0.2) is 0 Å². The standard InChI is InChI=1S/C20H26N2O2/c1-14-4-6-15(7-5-14)17-13-21-11-10-18(17)22-16-8-9-19(23-2)20(12-16)24-3/h4-9,12,17-18,21-22H,10-11,13H2,1-3H3. The molecular weight excluding hydrogens is 300 g/mol. The van der Waals surface area contributed by atoms with Gasteiger partial charge >= 0.3 is 0 Å². The van der Waals surface area contributed by atoms with Crippen LogP contribution in [0.3, 0.4) is 0 Å².